The summed E-state index contributed by atoms with van der Waals surface area (Å²) in [4.78, 5) is 0. The SMILES string of the molecule is C12C3C4N1N1C2N3N41. The summed E-state index contributed by atoms with van der Waals surface area (Å²) in [7, 11) is 0. The molecule has 6 aliphatic heterocycles. The van der Waals surface area contributed by atoms with Crippen LogP contribution in [0.25, 0.3) is 0 Å². The van der Waals surface area contributed by atoms with Crippen molar-refractivity contribution in [2.45, 2.75) is 24.4 Å². The highest BCUT2D eigenvalue weighted by Crippen LogP contribution is 2.74. The van der Waals surface area contributed by atoms with Crippen molar-refractivity contribution >= 4 is 0 Å². The van der Waals surface area contributed by atoms with Gasteiger partial charge in [-0.05, 0) is 0 Å². The Kier molecular flexibility index (Phi) is 0.134. The second-order valence-corrected chi connectivity index (χ2v) is 3.21. The van der Waals surface area contributed by atoms with E-state index < -0.39 is 0 Å². The minimum atomic E-state index is 0.852. The predicted octanol–water partition coefficient (Wildman–Crippen LogP) is -1.60. The first kappa shape index (κ1) is 2.62. The molecule has 6 aliphatic rings. The Labute approximate surface area is 45.8 Å². The van der Waals surface area contributed by atoms with E-state index in [4.69, 9.17) is 0 Å². The minimum Gasteiger partial charge on any atom is -0.195 e. The van der Waals surface area contributed by atoms with Gasteiger partial charge in [0.1, 0.15) is 12.3 Å². The fourth-order valence-corrected chi connectivity index (χ4v) is 2.89. The van der Waals surface area contributed by atoms with Crippen LogP contribution in [-0.2, 0) is 0 Å². The molecule has 4 unspecified atom stereocenters. The van der Waals surface area contributed by atoms with Gasteiger partial charge in [-0.15, -0.1) is 10.2 Å². The summed E-state index contributed by atoms with van der Waals surface area (Å²) in [5.74, 6) is 0. The third-order valence-corrected chi connectivity index (χ3v) is 3.27. The fourth-order valence-electron chi connectivity index (χ4n) is 2.89. The van der Waals surface area contributed by atoms with Gasteiger partial charge in [0.2, 0.25) is 0 Å². The van der Waals surface area contributed by atoms with Gasteiger partial charge >= 0.3 is 0 Å². The van der Waals surface area contributed by atoms with Crippen LogP contribution in [-0.4, -0.2) is 44.7 Å². The number of rotatable bonds is 0. The molecule has 6 saturated heterocycles. The normalized spacial score (nSPS) is 81.0. The van der Waals surface area contributed by atoms with Gasteiger partial charge in [-0.25, -0.2) is 0 Å². The molecule has 0 spiro atoms. The van der Waals surface area contributed by atoms with Crippen molar-refractivity contribution < 1.29 is 0 Å². The molecule has 0 saturated carbocycles. The van der Waals surface area contributed by atoms with E-state index in [1.807, 2.05) is 0 Å². The molecular weight excluding hydrogens is 104 g/mol. The highest BCUT2D eigenvalue weighted by Gasteiger charge is 2.98. The standard InChI is InChI=1S/C4H4N4/c1-2-4-5(1)7-3(1)6(2)8(4)7/h1-4H. The summed E-state index contributed by atoms with van der Waals surface area (Å²) >= 11 is 0. The van der Waals surface area contributed by atoms with Crippen LogP contribution in [0.3, 0.4) is 0 Å². The smallest absolute Gasteiger partial charge is 0.127 e. The van der Waals surface area contributed by atoms with Crippen molar-refractivity contribution in [1.29, 1.82) is 0 Å². The average Bonchev–Trinajstić information content (AvgIpc) is 1.90. The summed E-state index contributed by atoms with van der Waals surface area (Å²) < 4.78 is 0. The van der Waals surface area contributed by atoms with E-state index in [0.717, 1.165) is 24.4 Å². The Morgan fingerprint density at radius 2 is 1.25 bits per heavy atom. The van der Waals surface area contributed by atoms with Crippen molar-refractivity contribution in [1.82, 2.24) is 20.3 Å². The van der Waals surface area contributed by atoms with Crippen molar-refractivity contribution in [3.63, 3.8) is 0 Å². The van der Waals surface area contributed by atoms with E-state index in [-0.39, 0.29) is 0 Å². The summed E-state index contributed by atoms with van der Waals surface area (Å²) in [6.07, 6.45) is 1.70. The van der Waals surface area contributed by atoms with Crippen LogP contribution in [0, 0.1) is 0 Å². The predicted molar refractivity (Wildman–Crippen MR) is 22.5 cm³/mol. The molecule has 0 aromatic heterocycles. The molecule has 0 bridgehead atoms. The summed E-state index contributed by atoms with van der Waals surface area (Å²) in [5.41, 5.74) is 0. The van der Waals surface area contributed by atoms with Gasteiger partial charge in [0.25, 0.3) is 0 Å². The van der Waals surface area contributed by atoms with Crippen LogP contribution in [0.4, 0.5) is 0 Å². The van der Waals surface area contributed by atoms with E-state index in [0.29, 0.717) is 0 Å². The Morgan fingerprint density at radius 3 is 1.38 bits per heavy atom. The van der Waals surface area contributed by atoms with Crippen LogP contribution in [0.2, 0.25) is 0 Å². The molecule has 8 heavy (non-hydrogen) atoms. The quantitative estimate of drug-likeness (QED) is 0.370. The molecule has 0 N–H and O–H groups in total. The molecule has 4 atom stereocenters. The molecule has 0 aromatic rings. The molecule has 40 valence electrons. The van der Waals surface area contributed by atoms with Gasteiger partial charge in [0.05, 0.1) is 12.1 Å². The van der Waals surface area contributed by atoms with Crippen LogP contribution in [0.15, 0.2) is 0 Å². The van der Waals surface area contributed by atoms with Crippen molar-refractivity contribution in [3.05, 3.63) is 0 Å². The third-order valence-electron chi connectivity index (χ3n) is 3.27. The lowest BCUT2D eigenvalue weighted by atomic mass is 9.68. The minimum absolute atomic E-state index is 0.852. The van der Waals surface area contributed by atoms with Crippen LogP contribution >= 0.6 is 0 Å². The maximum absolute atomic E-state index is 2.48. The largest absolute Gasteiger partial charge is 0.195 e. The van der Waals surface area contributed by atoms with E-state index >= 15 is 0 Å². The zero-order valence-corrected chi connectivity index (χ0v) is 4.10. The average molecular weight is 108 g/mol. The van der Waals surface area contributed by atoms with Gasteiger partial charge in [-0.1, -0.05) is 0 Å². The molecule has 6 heterocycles. The van der Waals surface area contributed by atoms with E-state index in [1.54, 1.807) is 0 Å². The molecule has 4 heteroatoms. The number of nitrogens with zero attached hydrogens (tertiary/aromatic N) is 4. The van der Waals surface area contributed by atoms with Gasteiger partial charge in [0.15, 0.2) is 0 Å². The first-order chi connectivity index (χ1) is 4.00. The molecule has 0 amide bonds. The van der Waals surface area contributed by atoms with Crippen molar-refractivity contribution in [3.8, 4) is 0 Å². The second kappa shape index (κ2) is 0.410. The highest BCUT2D eigenvalue weighted by atomic mass is 16.3. The van der Waals surface area contributed by atoms with Crippen molar-refractivity contribution in [2.24, 2.45) is 0 Å². The van der Waals surface area contributed by atoms with E-state index in [1.165, 1.54) is 0 Å². The Morgan fingerprint density at radius 1 is 0.750 bits per heavy atom. The number of piperazine rings is 1. The first-order valence-corrected chi connectivity index (χ1v) is 3.15. The summed E-state index contributed by atoms with van der Waals surface area (Å²) in [6.45, 7) is 0. The summed E-state index contributed by atoms with van der Waals surface area (Å²) in [6, 6.07) is 1.95. The van der Waals surface area contributed by atoms with Crippen molar-refractivity contribution in [2.75, 3.05) is 0 Å². The highest BCUT2D eigenvalue weighted by molar-refractivity contribution is 5.36. The molecular formula is C4H4N4. The molecule has 6 rings (SSSR count). The number of hydrazine groups is 3. The van der Waals surface area contributed by atoms with E-state index in [9.17, 15) is 0 Å². The maximum Gasteiger partial charge on any atom is 0.127 e. The first-order valence-electron chi connectivity index (χ1n) is 3.15. The molecule has 0 radical (unpaired) electrons. The lowest BCUT2D eigenvalue weighted by molar-refractivity contribution is -0.786. The lowest BCUT2D eigenvalue weighted by Crippen LogP contribution is -3.26. The molecule has 0 aromatic carbocycles. The fraction of sp³-hybridized carbons (Fsp3) is 1.00. The van der Waals surface area contributed by atoms with Crippen LogP contribution in [0.1, 0.15) is 0 Å². The zero-order chi connectivity index (χ0) is 4.62. The molecule has 6 fully saturated rings. The maximum atomic E-state index is 2.48. The topological polar surface area (TPSA) is 13.0 Å². The second-order valence-electron chi connectivity index (χ2n) is 3.21. The third kappa shape index (κ3) is 0.0598. The molecule has 4 nitrogen and oxygen atoms in total. The van der Waals surface area contributed by atoms with Crippen LogP contribution < -0.4 is 0 Å². The van der Waals surface area contributed by atoms with Gasteiger partial charge in [-0.3, -0.25) is 0 Å². The van der Waals surface area contributed by atoms with Gasteiger partial charge < -0.3 is 0 Å². The Bertz CT molecular complexity index is 118. The Balaban J connectivity index is 2.00. The van der Waals surface area contributed by atoms with Crippen LogP contribution in [0.5, 0.6) is 0 Å². The number of hydrogen-bond acceptors (Lipinski definition) is 4. The molecule has 0 aliphatic carbocycles. The van der Waals surface area contributed by atoms with Gasteiger partial charge in [0, 0.05) is 0 Å². The number of hydrogen-bond donors (Lipinski definition) is 0. The zero-order valence-electron chi connectivity index (χ0n) is 4.10. The van der Waals surface area contributed by atoms with Gasteiger partial charge in [-0.2, -0.15) is 10.0 Å². The summed E-state index contributed by atoms with van der Waals surface area (Å²) in [5, 5.41) is 9.68. The lowest BCUT2D eigenvalue weighted by Gasteiger charge is -3.04. The monoisotopic (exact) mass is 108 g/mol. The Hall–Kier alpha value is -0.160. The van der Waals surface area contributed by atoms with E-state index in [2.05, 4.69) is 20.3 Å².